The van der Waals surface area contributed by atoms with Gasteiger partial charge in [-0.2, -0.15) is 0 Å². The van der Waals surface area contributed by atoms with Gasteiger partial charge in [-0.15, -0.1) is 0 Å². The largest absolute Gasteiger partial charge is 0.494 e. The van der Waals surface area contributed by atoms with Crippen molar-refractivity contribution in [2.75, 3.05) is 57.9 Å². The van der Waals surface area contributed by atoms with E-state index in [1.807, 2.05) is 56.3 Å². The van der Waals surface area contributed by atoms with Gasteiger partial charge in [-0.1, -0.05) is 30.3 Å². The molecule has 36 heavy (non-hydrogen) atoms. The van der Waals surface area contributed by atoms with Crippen molar-refractivity contribution in [2.24, 2.45) is 0 Å². The van der Waals surface area contributed by atoms with Crippen LogP contribution in [-0.2, 0) is 9.53 Å². The molecule has 2 N–H and O–H groups in total. The molecule has 1 saturated heterocycles. The van der Waals surface area contributed by atoms with E-state index in [-0.39, 0.29) is 6.03 Å². The number of methoxy groups -OCH3 is 1. The summed E-state index contributed by atoms with van der Waals surface area (Å²) in [4.78, 5) is 30.2. The number of nitrogens with one attached hydrogen (secondary N) is 2. The number of rotatable bonds is 9. The molecule has 0 aromatic heterocycles. The fourth-order valence-corrected chi connectivity index (χ4v) is 4.70. The van der Waals surface area contributed by atoms with E-state index in [0.29, 0.717) is 42.3 Å². The highest BCUT2D eigenvalue weighted by atomic mass is 16.5. The van der Waals surface area contributed by atoms with Gasteiger partial charge in [0, 0.05) is 44.0 Å². The molecule has 1 atom stereocenters. The smallest absolute Gasteiger partial charge is 0.338 e. The van der Waals surface area contributed by atoms with Crippen molar-refractivity contribution in [1.29, 1.82) is 0 Å². The molecule has 0 unspecified atom stereocenters. The Bertz CT molecular complexity index is 1110. The molecule has 2 aliphatic rings. The molecular formula is C27H34N4O5. The van der Waals surface area contributed by atoms with E-state index in [4.69, 9.17) is 14.2 Å². The maximum absolute atomic E-state index is 13.0. The van der Waals surface area contributed by atoms with Gasteiger partial charge >= 0.3 is 12.0 Å². The van der Waals surface area contributed by atoms with E-state index in [2.05, 4.69) is 26.5 Å². The van der Waals surface area contributed by atoms with Gasteiger partial charge in [0.25, 0.3) is 0 Å². The van der Waals surface area contributed by atoms with Crippen molar-refractivity contribution >= 4 is 17.7 Å². The third kappa shape index (κ3) is 5.57. The van der Waals surface area contributed by atoms with E-state index in [9.17, 15) is 9.59 Å². The topological polar surface area (TPSA) is 92.4 Å². The average Bonchev–Trinajstić information content (AvgIpc) is 2.89. The number of piperazine rings is 1. The Hall–Kier alpha value is -3.72. The van der Waals surface area contributed by atoms with E-state index in [1.165, 1.54) is 7.11 Å². The SMILES string of the molecule is CCOc1ccccc1[C@@H]1NC(=O)NC(CN2CCN(c3ccccc3OCC)CC2)=C1C(=O)OC. The lowest BCUT2D eigenvalue weighted by molar-refractivity contribution is -0.136. The van der Waals surface area contributed by atoms with Crippen molar-refractivity contribution in [3.05, 3.63) is 65.4 Å². The van der Waals surface area contributed by atoms with Crippen LogP contribution in [0.5, 0.6) is 11.5 Å². The monoisotopic (exact) mass is 494 g/mol. The Labute approximate surface area is 212 Å². The summed E-state index contributed by atoms with van der Waals surface area (Å²) in [6, 6.07) is 14.4. The van der Waals surface area contributed by atoms with E-state index in [0.717, 1.165) is 37.6 Å². The minimum atomic E-state index is -0.677. The summed E-state index contributed by atoms with van der Waals surface area (Å²) in [6.45, 7) is 8.51. The van der Waals surface area contributed by atoms with Crippen molar-refractivity contribution in [2.45, 2.75) is 19.9 Å². The van der Waals surface area contributed by atoms with E-state index in [1.54, 1.807) is 0 Å². The zero-order valence-corrected chi connectivity index (χ0v) is 21.1. The minimum Gasteiger partial charge on any atom is -0.494 e. The number of nitrogens with zero attached hydrogens (tertiary/aromatic N) is 2. The standard InChI is InChI=1S/C27H34N4O5/c1-4-35-22-12-8-6-10-19(22)25-24(26(32)34-3)20(28-27(33)29-25)18-30-14-16-31(17-15-30)21-11-7-9-13-23(21)36-5-2/h6-13,25H,4-5,14-18H2,1-3H3,(H2,28,29,33)/t25-/m0/s1. The number of esters is 1. The molecule has 2 amide bonds. The quantitative estimate of drug-likeness (QED) is 0.518. The summed E-state index contributed by atoms with van der Waals surface area (Å²) in [7, 11) is 1.35. The molecule has 2 aliphatic heterocycles. The molecule has 4 rings (SSSR count). The molecule has 192 valence electrons. The maximum Gasteiger partial charge on any atom is 0.338 e. The molecular weight excluding hydrogens is 460 g/mol. The fourth-order valence-electron chi connectivity index (χ4n) is 4.70. The van der Waals surface area contributed by atoms with E-state index < -0.39 is 12.0 Å². The van der Waals surface area contributed by atoms with Crippen LogP contribution in [-0.4, -0.2) is 69.9 Å². The number of para-hydroxylation sites is 3. The first-order chi connectivity index (χ1) is 17.5. The van der Waals surface area contributed by atoms with E-state index >= 15 is 0 Å². The molecule has 2 heterocycles. The van der Waals surface area contributed by atoms with Gasteiger partial charge < -0.3 is 29.7 Å². The lowest BCUT2D eigenvalue weighted by Crippen LogP contribution is -2.51. The molecule has 0 bridgehead atoms. The summed E-state index contributed by atoms with van der Waals surface area (Å²) < 4.78 is 16.7. The van der Waals surface area contributed by atoms with Gasteiger partial charge in [-0.05, 0) is 32.0 Å². The average molecular weight is 495 g/mol. The highest BCUT2D eigenvalue weighted by molar-refractivity contribution is 5.95. The van der Waals surface area contributed by atoms with Crippen LogP contribution < -0.4 is 25.0 Å². The number of carbonyl (C=O) groups is 2. The van der Waals surface area contributed by atoms with Gasteiger partial charge in [-0.3, -0.25) is 4.90 Å². The second-order valence-corrected chi connectivity index (χ2v) is 8.55. The molecule has 1 fully saturated rings. The number of urea groups is 1. The third-order valence-corrected chi connectivity index (χ3v) is 6.35. The maximum atomic E-state index is 13.0. The van der Waals surface area contributed by atoms with Crippen molar-refractivity contribution in [3.8, 4) is 11.5 Å². The summed E-state index contributed by atoms with van der Waals surface area (Å²) in [6.07, 6.45) is 0. The lowest BCUT2D eigenvalue weighted by Gasteiger charge is -2.38. The second-order valence-electron chi connectivity index (χ2n) is 8.55. The number of ether oxygens (including phenoxy) is 3. The van der Waals surface area contributed by atoms with Gasteiger partial charge in [0.05, 0.1) is 37.6 Å². The predicted molar refractivity (Wildman–Crippen MR) is 137 cm³/mol. The van der Waals surface area contributed by atoms with Gasteiger partial charge in [0.2, 0.25) is 0 Å². The molecule has 9 nitrogen and oxygen atoms in total. The van der Waals surface area contributed by atoms with Crippen LogP contribution in [0, 0.1) is 0 Å². The molecule has 0 aliphatic carbocycles. The first kappa shape index (κ1) is 25.4. The lowest BCUT2D eigenvalue weighted by atomic mass is 9.94. The zero-order chi connectivity index (χ0) is 25.5. The van der Waals surface area contributed by atoms with Gasteiger partial charge in [-0.25, -0.2) is 9.59 Å². The molecule has 9 heteroatoms. The highest BCUT2D eigenvalue weighted by Crippen LogP contribution is 2.34. The van der Waals surface area contributed by atoms with Crippen LogP contribution in [0.15, 0.2) is 59.8 Å². The molecule has 2 aromatic carbocycles. The molecule has 2 aromatic rings. The number of carbonyl (C=O) groups excluding carboxylic acids is 2. The first-order valence-corrected chi connectivity index (χ1v) is 12.3. The number of hydrogen-bond donors (Lipinski definition) is 2. The molecule has 0 saturated carbocycles. The van der Waals surface area contributed by atoms with Crippen LogP contribution in [0.4, 0.5) is 10.5 Å². The van der Waals surface area contributed by atoms with Gasteiger partial charge in [0.1, 0.15) is 11.5 Å². The minimum absolute atomic E-state index is 0.363. The van der Waals surface area contributed by atoms with Crippen molar-refractivity contribution in [3.63, 3.8) is 0 Å². The summed E-state index contributed by atoms with van der Waals surface area (Å²) in [5.41, 5.74) is 2.72. The van der Waals surface area contributed by atoms with Crippen LogP contribution >= 0.6 is 0 Å². The van der Waals surface area contributed by atoms with Gasteiger partial charge in [0.15, 0.2) is 0 Å². The van der Waals surface area contributed by atoms with Crippen LogP contribution in [0.3, 0.4) is 0 Å². The predicted octanol–water partition coefficient (Wildman–Crippen LogP) is 3.09. The van der Waals surface area contributed by atoms with Crippen LogP contribution in [0.2, 0.25) is 0 Å². The van der Waals surface area contributed by atoms with Crippen molar-refractivity contribution in [1.82, 2.24) is 15.5 Å². The number of anilines is 1. The summed E-state index contributed by atoms with van der Waals surface area (Å²) in [5, 5.41) is 5.74. The summed E-state index contributed by atoms with van der Waals surface area (Å²) >= 11 is 0. The Morgan fingerprint density at radius 2 is 1.58 bits per heavy atom. The number of hydrogen-bond acceptors (Lipinski definition) is 7. The summed E-state index contributed by atoms with van der Waals surface area (Å²) in [5.74, 6) is 1.01. The Morgan fingerprint density at radius 1 is 0.944 bits per heavy atom. The Balaban J connectivity index is 1.56. The van der Waals surface area contributed by atoms with Crippen molar-refractivity contribution < 1.29 is 23.8 Å². The van der Waals surface area contributed by atoms with Crippen LogP contribution in [0.1, 0.15) is 25.5 Å². The first-order valence-electron chi connectivity index (χ1n) is 12.3. The number of benzene rings is 2. The molecule has 0 spiro atoms. The Morgan fingerprint density at radius 3 is 2.28 bits per heavy atom. The zero-order valence-electron chi connectivity index (χ0n) is 21.1. The fraction of sp³-hybridized carbons (Fsp3) is 0.407. The third-order valence-electron chi connectivity index (χ3n) is 6.35. The normalized spacial score (nSPS) is 18.4. The number of amides is 2. The second kappa shape index (κ2) is 11.8. The Kier molecular flexibility index (Phi) is 8.32. The molecule has 0 radical (unpaired) electrons. The highest BCUT2D eigenvalue weighted by Gasteiger charge is 2.36. The van der Waals surface area contributed by atoms with Crippen LogP contribution in [0.25, 0.3) is 0 Å².